The Morgan fingerprint density at radius 3 is 2.75 bits per heavy atom. The second kappa shape index (κ2) is 5.87. The SMILES string of the molecule is CCC(C)(O)COc1cccc(COC)c1. The Labute approximate surface area is 97.0 Å². The molecule has 1 rings (SSSR count). The number of ether oxygens (including phenoxy) is 2. The fraction of sp³-hybridized carbons (Fsp3) is 0.538. The van der Waals surface area contributed by atoms with Crippen LogP contribution in [0.2, 0.25) is 0 Å². The van der Waals surface area contributed by atoms with Gasteiger partial charge in [-0.3, -0.25) is 0 Å². The van der Waals surface area contributed by atoms with E-state index in [9.17, 15) is 5.11 Å². The van der Waals surface area contributed by atoms with Gasteiger partial charge in [-0.15, -0.1) is 0 Å². The van der Waals surface area contributed by atoms with Crippen molar-refractivity contribution in [3.8, 4) is 5.75 Å². The third kappa shape index (κ3) is 4.21. The number of benzene rings is 1. The maximum atomic E-state index is 9.81. The highest BCUT2D eigenvalue weighted by molar-refractivity contribution is 5.28. The van der Waals surface area contributed by atoms with Crippen LogP contribution in [0, 0.1) is 0 Å². The van der Waals surface area contributed by atoms with Crippen molar-refractivity contribution in [1.82, 2.24) is 0 Å². The first-order valence-electron chi connectivity index (χ1n) is 5.50. The summed E-state index contributed by atoms with van der Waals surface area (Å²) in [7, 11) is 1.66. The predicted octanol–water partition coefficient (Wildman–Crippen LogP) is 2.37. The van der Waals surface area contributed by atoms with Gasteiger partial charge in [0.05, 0.1) is 12.2 Å². The molecule has 3 heteroatoms. The second-order valence-corrected chi connectivity index (χ2v) is 4.22. The van der Waals surface area contributed by atoms with E-state index in [4.69, 9.17) is 9.47 Å². The monoisotopic (exact) mass is 224 g/mol. The summed E-state index contributed by atoms with van der Waals surface area (Å²) in [4.78, 5) is 0. The van der Waals surface area contributed by atoms with E-state index in [1.54, 1.807) is 14.0 Å². The smallest absolute Gasteiger partial charge is 0.119 e. The second-order valence-electron chi connectivity index (χ2n) is 4.22. The number of rotatable bonds is 6. The van der Waals surface area contributed by atoms with Gasteiger partial charge in [0.2, 0.25) is 0 Å². The quantitative estimate of drug-likeness (QED) is 0.806. The molecule has 0 fully saturated rings. The van der Waals surface area contributed by atoms with Crippen LogP contribution in [-0.4, -0.2) is 24.4 Å². The fourth-order valence-corrected chi connectivity index (χ4v) is 1.23. The van der Waals surface area contributed by atoms with Crippen LogP contribution in [-0.2, 0) is 11.3 Å². The zero-order valence-corrected chi connectivity index (χ0v) is 10.2. The molecule has 16 heavy (non-hydrogen) atoms. The van der Waals surface area contributed by atoms with E-state index in [2.05, 4.69) is 0 Å². The Morgan fingerprint density at radius 2 is 2.12 bits per heavy atom. The lowest BCUT2D eigenvalue weighted by Crippen LogP contribution is -2.31. The molecule has 0 spiro atoms. The van der Waals surface area contributed by atoms with E-state index in [1.165, 1.54) is 0 Å². The van der Waals surface area contributed by atoms with Gasteiger partial charge >= 0.3 is 0 Å². The van der Waals surface area contributed by atoms with E-state index >= 15 is 0 Å². The van der Waals surface area contributed by atoms with Gasteiger partial charge in [-0.2, -0.15) is 0 Å². The Bertz CT molecular complexity index is 321. The minimum absolute atomic E-state index is 0.305. The summed E-state index contributed by atoms with van der Waals surface area (Å²) >= 11 is 0. The number of methoxy groups -OCH3 is 1. The molecule has 0 aliphatic carbocycles. The van der Waals surface area contributed by atoms with Crippen LogP contribution in [0.1, 0.15) is 25.8 Å². The lowest BCUT2D eigenvalue weighted by atomic mass is 10.1. The maximum Gasteiger partial charge on any atom is 0.119 e. The molecule has 1 unspecified atom stereocenters. The van der Waals surface area contributed by atoms with E-state index in [-0.39, 0.29) is 0 Å². The van der Waals surface area contributed by atoms with Crippen LogP contribution in [0.15, 0.2) is 24.3 Å². The molecule has 1 aromatic rings. The highest BCUT2D eigenvalue weighted by Gasteiger charge is 2.18. The molecule has 0 saturated heterocycles. The molecule has 1 atom stereocenters. The van der Waals surface area contributed by atoms with Crippen molar-refractivity contribution in [3.05, 3.63) is 29.8 Å². The van der Waals surface area contributed by atoms with Crippen molar-refractivity contribution in [2.45, 2.75) is 32.5 Å². The van der Waals surface area contributed by atoms with Crippen LogP contribution in [0.3, 0.4) is 0 Å². The van der Waals surface area contributed by atoms with E-state index in [0.29, 0.717) is 19.6 Å². The molecule has 0 aromatic heterocycles. The van der Waals surface area contributed by atoms with Crippen LogP contribution >= 0.6 is 0 Å². The number of hydrogen-bond donors (Lipinski definition) is 1. The van der Waals surface area contributed by atoms with E-state index < -0.39 is 5.60 Å². The highest BCUT2D eigenvalue weighted by Crippen LogP contribution is 2.17. The predicted molar refractivity (Wildman–Crippen MR) is 63.6 cm³/mol. The van der Waals surface area contributed by atoms with Gasteiger partial charge in [0.1, 0.15) is 12.4 Å². The van der Waals surface area contributed by atoms with Gasteiger partial charge < -0.3 is 14.6 Å². The number of aliphatic hydroxyl groups is 1. The minimum Gasteiger partial charge on any atom is -0.491 e. The lowest BCUT2D eigenvalue weighted by Gasteiger charge is -2.21. The highest BCUT2D eigenvalue weighted by atomic mass is 16.5. The van der Waals surface area contributed by atoms with Crippen molar-refractivity contribution in [1.29, 1.82) is 0 Å². The molecule has 1 aromatic carbocycles. The molecule has 0 amide bonds. The Hall–Kier alpha value is -1.06. The summed E-state index contributed by atoms with van der Waals surface area (Å²) in [5, 5.41) is 9.81. The van der Waals surface area contributed by atoms with Crippen molar-refractivity contribution < 1.29 is 14.6 Å². The zero-order valence-electron chi connectivity index (χ0n) is 10.2. The maximum absolute atomic E-state index is 9.81. The molecular formula is C13H20O3. The van der Waals surface area contributed by atoms with Crippen LogP contribution in [0.4, 0.5) is 0 Å². The summed E-state index contributed by atoms with van der Waals surface area (Å²) in [6.45, 7) is 4.58. The van der Waals surface area contributed by atoms with Gasteiger partial charge in [0, 0.05) is 7.11 Å². The van der Waals surface area contributed by atoms with Crippen molar-refractivity contribution in [2.75, 3.05) is 13.7 Å². The molecule has 0 saturated carbocycles. The standard InChI is InChI=1S/C13H20O3/c1-4-13(2,14)10-16-12-7-5-6-11(8-12)9-15-3/h5-8,14H,4,9-10H2,1-3H3. The molecule has 1 N–H and O–H groups in total. The molecule has 0 heterocycles. The van der Waals surface area contributed by atoms with Crippen molar-refractivity contribution >= 4 is 0 Å². The third-order valence-corrected chi connectivity index (χ3v) is 2.52. The Kier molecular flexibility index (Phi) is 4.77. The lowest BCUT2D eigenvalue weighted by molar-refractivity contribution is 0.00841. The average Bonchev–Trinajstić information content (AvgIpc) is 2.28. The topological polar surface area (TPSA) is 38.7 Å². The minimum atomic E-state index is -0.767. The van der Waals surface area contributed by atoms with Crippen LogP contribution < -0.4 is 4.74 Å². The fourth-order valence-electron chi connectivity index (χ4n) is 1.23. The largest absolute Gasteiger partial charge is 0.491 e. The first-order chi connectivity index (χ1) is 7.57. The first kappa shape index (κ1) is 13.0. The summed E-state index contributed by atoms with van der Waals surface area (Å²) in [5.41, 5.74) is 0.299. The van der Waals surface area contributed by atoms with Crippen molar-refractivity contribution in [2.24, 2.45) is 0 Å². The summed E-state index contributed by atoms with van der Waals surface area (Å²) in [6, 6.07) is 7.71. The van der Waals surface area contributed by atoms with Gasteiger partial charge in [-0.1, -0.05) is 19.1 Å². The van der Waals surface area contributed by atoms with E-state index in [1.807, 2.05) is 31.2 Å². The molecule has 0 aliphatic heterocycles. The van der Waals surface area contributed by atoms with E-state index in [0.717, 1.165) is 11.3 Å². The van der Waals surface area contributed by atoms with Gasteiger partial charge in [0.15, 0.2) is 0 Å². The summed E-state index contributed by atoms with van der Waals surface area (Å²) in [5.74, 6) is 0.767. The molecule has 0 bridgehead atoms. The summed E-state index contributed by atoms with van der Waals surface area (Å²) in [6.07, 6.45) is 0.671. The third-order valence-electron chi connectivity index (χ3n) is 2.52. The van der Waals surface area contributed by atoms with Gasteiger partial charge in [0.25, 0.3) is 0 Å². The Morgan fingerprint density at radius 1 is 1.38 bits per heavy atom. The molecule has 0 radical (unpaired) electrons. The normalized spacial score (nSPS) is 14.5. The van der Waals surface area contributed by atoms with Gasteiger partial charge in [-0.25, -0.2) is 0 Å². The zero-order chi connectivity index (χ0) is 12.0. The first-order valence-corrected chi connectivity index (χ1v) is 5.50. The molecule has 3 nitrogen and oxygen atoms in total. The number of hydrogen-bond acceptors (Lipinski definition) is 3. The average molecular weight is 224 g/mol. The summed E-state index contributed by atoms with van der Waals surface area (Å²) < 4.78 is 10.6. The van der Waals surface area contributed by atoms with Gasteiger partial charge in [-0.05, 0) is 31.0 Å². The van der Waals surface area contributed by atoms with Crippen LogP contribution in [0.5, 0.6) is 5.75 Å². The molecule has 90 valence electrons. The Balaban J connectivity index is 2.57. The molecule has 0 aliphatic rings. The molecular weight excluding hydrogens is 204 g/mol. The van der Waals surface area contributed by atoms with Crippen molar-refractivity contribution in [3.63, 3.8) is 0 Å². The van der Waals surface area contributed by atoms with Crippen LogP contribution in [0.25, 0.3) is 0 Å².